The van der Waals surface area contributed by atoms with E-state index >= 15 is 0 Å². The Labute approximate surface area is 372 Å². The third kappa shape index (κ3) is 4.34. The standard InChI is InChI=1S/C62H40N2/c1-3-21-41(22-4-1)62(53-35-16-9-27-45(53)46-28-10-17-36-54(46)62)64-56-38-18-12-29-47(56)48-31-19-40-58(60(48)64)63(42-23-5-2-6-24-42)57-39-20-37-55-59(57)49-30-11-15-34-52(49)61(55)50-32-13-7-25-43(50)44-26-8-14-33-51(44)61/h1-40H. The number of aromatic nitrogens is 1. The number of hydrogen-bond acceptors (Lipinski definition) is 1. The van der Waals surface area contributed by atoms with Crippen LogP contribution in [0.2, 0.25) is 0 Å². The van der Waals surface area contributed by atoms with Gasteiger partial charge in [-0.15, -0.1) is 0 Å². The first-order chi connectivity index (χ1) is 31.8. The fourth-order valence-electron chi connectivity index (χ4n) is 12.4. The van der Waals surface area contributed by atoms with Gasteiger partial charge in [-0.05, 0) is 97.1 Å². The maximum absolute atomic E-state index is 2.70. The molecule has 1 aromatic heterocycles. The minimum Gasteiger partial charge on any atom is -0.320 e. The van der Waals surface area contributed by atoms with Gasteiger partial charge < -0.3 is 9.47 Å². The van der Waals surface area contributed by atoms with Gasteiger partial charge in [0.25, 0.3) is 0 Å². The quantitative estimate of drug-likeness (QED) is 0.168. The number of benzene rings is 10. The SMILES string of the molecule is c1ccc(N(c2cccc3c2-c2ccccc2C32c3ccccc3-c3ccccc32)c2cccc3c4ccccc4n(C4(c5ccccc5)c5ccccc5-c5ccccc54)c23)cc1. The van der Waals surface area contributed by atoms with Crippen molar-refractivity contribution in [2.24, 2.45) is 0 Å². The molecule has 1 heterocycles. The summed E-state index contributed by atoms with van der Waals surface area (Å²) in [5.74, 6) is 0. The predicted molar refractivity (Wildman–Crippen MR) is 264 cm³/mol. The maximum atomic E-state index is 2.70. The highest BCUT2D eigenvalue weighted by molar-refractivity contribution is 6.15. The van der Waals surface area contributed by atoms with Gasteiger partial charge in [0.1, 0.15) is 5.54 Å². The topological polar surface area (TPSA) is 8.17 Å². The average molecular weight is 813 g/mol. The van der Waals surface area contributed by atoms with E-state index in [9.17, 15) is 0 Å². The zero-order valence-electron chi connectivity index (χ0n) is 35.0. The lowest BCUT2D eigenvalue weighted by Crippen LogP contribution is -2.36. The summed E-state index contributed by atoms with van der Waals surface area (Å²) in [6.07, 6.45) is 0. The number of anilines is 3. The van der Waals surface area contributed by atoms with Crippen LogP contribution >= 0.6 is 0 Å². The van der Waals surface area contributed by atoms with E-state index in [1.807, 2.05) is 0 Å². The lowest BCUT2D eigenvalue weighted by atomic mass is 9.70. The Hall–Kier alpha value is -8.20. The minimum absolute atomic E-state index is 0.465. The Morgan fingerprint density at radius 2 is 0.750 bits per heavy atom. The molecule has 0 atom stereocenters. The van der Waals surface area contributed by atoms with Gasteiger partial charge in [0.2, 0.25) is 0 Å². The van der Waals surface area contributed by atoms with Crippen LogP contribution in [0.15, 0.2) is 243 Å². The number of hydrogen-bond donors (Lipinski definition) is 0. The van der Waals surface area contributed by atoms with Crippen molar-refractivity contribution in [3.63, 3.8) is 0 Å². The van der Waals surface area contributed by atoms with E-state index < -0.39 is 11.0 Å². The second kappa shape index (κ2) is 13.2. The molecule has 64 heavy (non-hydrogen) atoms. The fourth-order valence-corrected chi connectivity index (χ4v) is 12.4. The van der Waals surface area contributed by atoms with Crippen molar-refractivity contribution in [2.45, 2.75) is 11.0 Å². The Kier molecular flexibility index (Phi) is 7.28. The van der Waals surface area contributed by atoms with Crippen LogP contribution in [0.1, 0.15) is 38.9 Å². The van der Waals surface area contributed by atoms with Crippen molar-refractivity contribution in [1.29, 1.82) is 0 Å². The second-order valence-corrected chi connectivity index (χ2v) is 17.5. The number of nitrogens with zero attached hydrogens (tertiary/aromatic N) is 2. The first-order valence-electron chi connectivity index (χ1n) is 22.4. The molecule has 0 amide bonds. The summed E-state index contributed by atoms with van der Waals surface area (Å²) in [6.45, 7) is 0. The van der Waals surface area contributed by atoms with Crippen molar-refractivity contribution in [3.8, 4) is 33.4 Å². The number of rotatable bonds is 5. The van der Waals surface area contributed by atoms with Gasteiger partial charge in [-0.25, -0.2) is 0 Å². The Bertz CT molecular complexity index is 3600. The first-order valence-corrected chi connectivity index (χ1v) is 22.4. The third-order valence-electron chi connectivity index (χ3n) is 14.6. The van der Waals surface area contributed by atoms with Gasteiger partial charge in [0.15, 0.2) is 0 Å². The molecule has 14 rings (SSSR count). The molecule has 0 unspecified atom stereocenters. The molecule has 11 aromatic rings. The summed E-state index contributed by atoms with van der Waals surface area (Å²) in [5, 5.41) is 2.44. The van der Waals surface area contributed by atoms with Crippen LogP contribution < -0.4 is 4.90 Å². The van der Waals surface area contributed by atoms with Crippen molar-refractivity contribution in [2.75, 3.05) is 4.90 Å². The molecule has 0 radical (unpaired) electrons. The summed E-state index contributed by atoms with van der Waals surface area (Å²) in [4.78, 5) is 2.56. The van der Waals surface area contributed by atoms with Crippen LogP contribution in [-0.2, 0) is 11.0 Å². The molecule has 0 bridgehead atoms. The summed E-state index contributed by atoms with van der Waals surface area (Å²) < 4.78 is 2.70. The second-order valence-electron chi connectivity index (χ2n) is 17.5. The van der Waals surface area contributed by atoms with Crippen LogP contribution in [0.3, 0.4) is 0 Å². The number of fused-ring (bicyclic) bond motifs is 16. The molecule has 3 aliphatic rings. The summed E-state index contributed by atoms with van der Waals surface area (Å²) >= 11 is 0. The van der Waals surface area contributed by atoms with Crippen molar-refractivity contribution >= 4 is 38.9 Å². The van der Waals surface area contributed by atoms with Gasteiger partial charge >= 0.3 is 0 Å². The summed E-state index contributed by atoms with van der Waals surface area (Å²) in [7, 11) is 0. The zero-order valence-corrected chi connectivity index (χ0v) is 35.0. The molecule has 2 nitrogen and oxygen atoms in total. The smallest absolute Gasteiger partial charge is 0.122 e. The highest BCUT2D eigenvalue weighted by atomic mass is 15.2. The summed E-state index contributed by atoms with van der Waals surface area (Å²) in [6, 6.07) is 90.7. The Balaban J connectivity index is 1.14. The fraction of sp³-hybridized carbons (Fsp3) is 0.0323. The van der Waals surface area contributed by atoms with Gasteiger partial charge in [-0.3, -0.25) is 0 Å². The van der Waals surface area contributed by atoms with E-state index in [2.05, 4.69) is 252 Å². The predicted octanol–water partition coefficient (Wildman–Crippen LogP) is 15.4. The van der Waals surface area contributed by atoms with Crippen LogP contribution in [0.5, 0.6) is 0 Å². The van der Waals surface area contributed by atoms with Gasteiger partial charge in [-0.1, -0.05) is 212 Å². The van der Waals surface area contributed by atoms with E-state index in [-0.39, 0.29) is 0 Å². The zero-order chi connectivity index (χ0) is 42.0. The molecule has 298 valence electrons. The molecule has 0 saturated carbocycles. The van der Waals surface area contributed by atoms with Gasteiger partial charge in [0, 0.05) is 22.0 Å². The molecule has 0 fully saturated rings. The molecular weight excluding hydrogens is 773 g/mol. The average Bonchev–Trinajstić information content (AvgIpc) is 4.07. The van der Waals surface area contributed by atoms with Gasteiger partial charge in [-0.2, -0.15) is 0 Å². The number of para-hydroxylation sites is 3. The molecule has 2 heteroatoms. The van der Waals surface area contributed by atoms with Crippen LogP contribution in [0.25, 0.3) is 55.2 Å². The van der Waals surface area contributed by atoms with Crippen molar-refractivity contribution in [3.05, 3.63) is 282 Å². The normalized spacial score (nSPS) is 14.2. The van der Waals surface area contributed by atoms with Crippen LogP contribution in [0, 0.1) is 0 Å². The lowest BCUT2D eigenvalue weighted by molar-refractivity contribution is 0.564. The molecular formula is C62H40N2. The highest BCUT2D eigenvalue weighted by Crippen LogP contribution is 2.65. The minimum atomic E-state index is -0.694. The molecule has 0 saturated heterocycles. The molecule has 1 spiro atoms. The maximum Gasteiger partial charge on any atom is 0.122 e. The molecule has 0 N–H and O–H groups in total. The first kappa shape index (κ1) is 35.4. The van der Waals surface area contributed by atoms with Crippen LogP contribution in [-0.4, -0.2) is 4.57 Å². The van der Waals surface area contributed by atoms with Gasteiger partial charge in [0.05, 0.1) is 27.8 Å². The van der Waals surface area contributed by atoms with E-state index in [4.69, 9.17) is 0 Å². The monoisotopic (exact) mass is 812 g/mol. The molecule has 10 aromatic carbocycles. The molecule has 0 aliphatic heterocycles. The molecule has 3 aliphatic carbocycles. The van der Waals surface area contributed by atoms with E-state index in [0.717, 1.165) is 17.1 Å². The van der Waals surface area contributed by atoms with E-state index in [1.165, 1.54) is 94.1 Å². The van der Waals surface area contributed by atoms with Crippen LogP contribution in [0.4, 0.5) is 17.1 Å². The Morgan fingerprint density at radius 1 is 0.312 bits per heavy atom. The van der Waals surface area contributed by atoms with Crippen molar-refractivity contribution in [1.82, 2.24) is 4.57 Å². The van der Waals surface area contributed by atoms with E-state index in [1.54, 1.807) is 0 Å². The third-order valence-corrected chi connectivity index (χ3v) is 14.6. The summed E-state index contributed by atoms with van der Waals surface area (Å²) in [5.41, 5.74) is 21.4. The van der Waals surface area contributed by atoms with E-state index in [0.29, 0.717) is 0 Å². The highest BCUT2D eigenvalue weighted by Gasteiger charge is 2.53. The van der Waals surface area contributed by atoms with Crippen molar-refractivity contribution < 1.29 is 0 Å². The lowest BCUT2D eigenvalue weighted by Gasteiger charge is -2.38. The Morgan fingerprint density at radius 3 is 1.39 bits per heavy atom. The largest absolute Gasteiger partial charge is 0.320 e.